The molecule has 2 rings (SSSR count). The fraction of sp³-hybridized carbons (Fsp3) is 0.167. The lowest BCUT2D eigenvalue weighted by Gasteiger charge is -2.30. The maximum atomic E-state index is 13.3. The monoisotopic (exact) mass is 338 g/mol. The van der Waals surface area contributed by atoms with Gasteiger partial charge in [0.2, 0.25) is 0 Å². The summed E-state index contributed by atoms with van der Waals surface area (Å²) in [4.78, 5) is 11.9. The molecule has 2 nitrogen and oxygen atoms in total. The number of rotatable bonds is 5. The normalized spacial score (nSPS) is 14.5. The van der Waals surface area contributed by atoms with Crippen molar-refractivity contribution in [1.29, 1.82) is 0 Å². The summed E-state index contributed by atoms with van der Waals surface area (Å²) in [6, 6.07) is 11.5. The van der Waals surface area contributed by atoms with Crippen molar-refractivity contribution in [2.45, 2.75) is 18.2 Å². The third-order valence-electron chi connectivity index (χ3n) is 3.48. The van der Waals surface area contributed by atoms with Crippen LogP contribution in [0.25, 0.3) is 6.08 Å². The molecule has 0 spiro atoms. The molecule has 0 bridgehead atoms. The van der Waals surface area contributed by atoms with Crippen molar-refractivity contribution >= 4 is 11.9 Å². The first kappa shape index (κ1) is 17.9. The Kier molecular flexibility index (Phi) is 5.19. The van der Waals surface area contributed by atoms with E-state index < -0.39 is 35.4 Å². The Morgan fingerprint density at radius 3 is 2.12 bits per heavy atom. The van der Waals surface area contributed by atoms with Gasteiger partial charge in [-0.1, -0.05) is 48.5 Å². The number of allylic oxidation sites excluding steroid dienone is 1. The third kappa shape index (κ3) is 4.08. The van der Waals surface area contributed by atoms with Gasteiger partial charge in [-0.25, -0.2) is 4.39 Å². The van der Waals surface area contributed by atoms with E-state index in [4.69, 9.17) is 0 Å². The molecule has 0 amide bonds. The molecule has 0 heterocycles. The van der Waals surface area contributed by atoms with Gasteiger partial charge in [-0.3, -0.25) is 4.79 Å². The van der Waals surface area contributed by atoms with Crippen LogP contribution < -0.4 is 0 Å². The van der Waals surface area contributed by atoms with Crippen LogP contribution in [-0.2, 0) is 10.4 Å². The van der Waals surface area contributed by atoms with Gasteiger partial charge < -0.3 is 5.11 Å². The summed E-state index contributed by atoms with van der Waals surface area (Å²) in [5.41, 5.74) is -3.21. The molecular formula is C18H14F4O2. The maximum absolute atomic E-state index is 13.3. The van der Waals surface area contributed by atoms with Crippen LogP contribution in [0.1, 0.15) is 17.5 Å². The Balaban J connectivity index is 2.21. The zero-order chi connectivity index (χ0) is 17.8. The highest BCUT2D eigenvalue weighted by molar-refractivity contribution is 5.94. The second kappa shape index (κ2) is 6.97. The van der Waals surface area contributed by atoms with E-state index in [0.717, 1.165) is 18.2 Å². The molecule has 1 N–H and O–H groups in total. The van der Waals surface area contributed by atoms with Crippen molar-refractivity contribution in [1.82, 2.24) is 0 Å². The smallest absolute Gasteiger partial charge is 0.376 e. The molecule has 0 aromatic heterocycles. The van der Waals surface area contributed by atoms with Crippen molar-refractivity contribution in [3.05, 3.63) is 77.6 Å². The third-order valence-corrected chi connectivity index (χ3v) is 3.48. The number of alkyl halides is 3. The molecule has 126 valence electrons. The van der Waals surface area contributed by atoms with Crippen LogP contribution >= 0.6 is 0 Å². The fourth-order valence-electron chi connectivity index (χ4n) is 2.15. The number of benzene rings is 2. The first-order valence-corrected chi connectivity index (χ1v) is 7.03. The molecule has 2 aromatic carbocycles. The predicted octanol–water partition coefficient (Wildman–Crippen LogP) is 4.25. The van der Waals surface area contributed by atoms with E-state index in [1.165, 1.54) is 48.5 Å². The molecule has 0 unspecified atom stereocenters. The molecule has 24 heavy (non-hydrogen) atoms. The number of ketones is 1. The van der Waals surface area contributed by atoms with Crippen LogP contribution in [0.3, 0.4) is 0 Å². The van der Waals surface area contributed by atoms with E-state index >= 15 is 0 Å². The summed E-state index contributed by atoms with van der Waals surface area (Å²) >= 11 is 0. The van der Waals surface area contributed by atoms with Gasteiger partial charge in [0.15, 0.2) is 11.4 Å². The van der Waals surface area contributed by atoms with Gasteiger partial charge >= 0.3 is 6.18 Å². The zero-order valence-corrected chi connectivity index (χ0v) is 12.4. The lowest BCUT2D eigenvalue weighted by Crippen LogP contribution is -2.43. The van der Waals surface area contributed by atoms with Crippen LogP contribution in [0.2, 0.25) is 0 Å². The number of aliphatic hydroxyl groups is 1. The second-order valence-electron chi connectivity index (χ2n) is 5.25. The quantitative estimate of drug-likeness (QED) is 0.654. The number of hydrogen-bond donors (Lipinski definition) is 1. The summed E-state index contributed by atoms with van der Waals surface area (Å²) in [5, 5.41) is 10.1. The standard InChI is InChI=1S/C18H14F4O2/c19-15-9-6-13(7-10-15)8-11-16(23)12-17(24,18(20,21)22)14-4-2-1-3-5-14/h1-11,24H,12H2/b11-8+/t17-/m1/s1. The number of hydrogen-bond acceptors (Lipinski definition) is 2. The molecule has 6 heteroatoms. The SMILES string of the molecule is O=C(/C=C/c1ccc(F)cc1)C[C@@](O)(c1ccccc1)C(F)(F)F. The Hall–Kier alpha value is -2.47. The lowest BCUT2D eigenvalue weighted by molar-refractivity contribution is -0.266. The average molecular weight is 338 g/mol. The lowest BCUT2D eigenvalue weighted by atomic mass is 9.87. The molecule has 0 aliphatic heterocycles. The van der Waals surface area contributed by atoms with Crippen molar-refractivity contribution < 1.29 is 27.5 Å². The summed E-state index contributed by atoms with van der Waals surface area (Å²) in [5.74, 6) is -1.36. The van der Waals surface area contributed by atoms with E-state index in [0.29, 0.717) is 5.56 Å². The largest absolute Gasteiger partial charge is 0.421 e. The van der Waals surface area contributed by atoms with Gasteiger partial charge in [-0.05, 0) is 29.3 Å². The summed E-state index contributed by atoms with van der Waals surface area (Å²) in [7, 11) is 0. The van der Waals surface area contributed by atoms with Crippen LogP contribution in [0.5, 0.6) is 0 Å². The highest BCUT2D eigenvalue weighted by atomic mass is 19.4. The molecule has 0 aliphatic carbocycles. The predicted molar refractivity (Wildman–Crippen MR) is 81.5 cm³/mol. The molecule has 0 fully saturated rings. The number of carbonyl (C=O) groups is 1. The second-order valence-corrected chi connectivity index (χ2v) is 5.25. The Bertz CT molecular complexity index is 721. The maximum Gasteiger partial charge on any atom is 0.421 e. The first-order chi connectivity index (χ1) is 11.2. The van der Waals surface area contributed by atoms with Gasteiger partial charge in [0.1, 0.15) is 5.82 Å². The van der Waals surface area contributed by atoms with E-state index in [-0.39, 0.29) is 0 Å². The Morgan fingerprint density at radius 2 is 1.58 bits per heavy atom. The van der Waals surface area contributed by atoms with Gasteiger partial charge in [0.25, 0.3) is 0 Å². The van der Waals surface area contributed by atoms with Crippen molar-refractivity contribution in [2.24, 2.45) is 0 Å². The van der Waals surface area contributed by atoms with E-state index in [2.05, 4.69) is 0 Å². The van der Waals surface area contributed by atoms with E-state index in [9.17, 15) is 27.5 Å². The van der Waals surface area contributed by atoms with E-state index in [1.54, 1.807) is 0 Å². The molecule has 0 aliphatic rings. The highest BCUT2D eigenvalue weighted by Crippen LogP contribution is 2.41. The van der Waals surface area contributed by atoms with Crippen molar-refractivity contribution in [3.63, 3.8) is 0 Å². The number of halogens is 4. The minimum atomic E-state index is -5.01. The number of carbonyl (C=O) groups excluding carboxylic acids is 1. The Morgan fingerprint density at radius 1 is 1.00 bits per heavy atom. The topological polar surface area (TPSA) is 37.3 Å². The van der Waals surface area contributed by atoms with Crippen molar-refractivity contribution in [3.8, 4) is 0 Å². The fourth-order valence-corrected chi connectivity index (χ4v) is 2.15. The van der Waals surface area contributed by atoms with Gasteiger partial charge in [-0.2, -0.15) is 13.2 Å². The van der Waals surface area contributed by atoms with Crippen LogP contribution in [0.15, 0.2) is 60.7 Å². The van der Waals surface area contributed by atoms with Crippen LogP contribution in [0.4, 0.5) is 17.6 Å². The molecule has 0 radical (unpaired) electrons. The average Bonchev–Trinajstić information content (AvgIpc) is 2.54. The molecule has 1 atom stereocenters. The minimum Gasteiger partial charge on any atom is -0.376 e. The van der Waals surface area contributed by atoms with Gasteiger partial charge in [0, 0.05) is 0 Å². The minimum absolute atomic E-state index is 0.402. The van der Waals surface area contributed by atoms with Gasteiger partial charge in [0.05, 0.1) is 6.42 Å². The van der Waals surface area contributed by atoms with Gasteiger partial charge in [-0.15, -0.1) is 0 Å². The zero-order valence-electron chi connectivity index (χ0n) is 12.4. The van der Waals surface area contributed by atoms with Crippen LogP contribution in [0, 0.1) is 5.82 Å². The van der Waals surface area contributed by atoms with E-state index in [1.807, 2.05) is 0 Å². The molecular weight excluding hydrogens is 324 g/mol. The summed E-state index contributed by atoms with van der Waals surface area (Å²) < 4.78 is 52.6. The summed E-state index contributed by atoms with van der Waals surface area (Å²) in [6.07, 6.45) is -3.94. The Labute approximate surface area is 136 Å². The van der Waals surface area contributed by atoms with Crippen LogP contribution in [-0.4, -0.2) is 17.1 Å². The molecule has 0 saturated carbocycles. The first-order valence-electron chi connectivity index (χ1n) is 7.03. The highest BCUT2D eigenvalue weighted by Gasteiger charge is 2.55. The summed E-state index contributed by atoms with van der Waals surface area (Å²) in [6.45, 7) is 0. The molecule has 2 aromatic rings. The molecule has 0 saturated heterocycles. The van der Waals surface area contributed by atoms with Crippen molar-refractivity contribution in [2.75, 3.05) is 0 Å².